The third-order valence-corrected chi connectivity index (χ3v) is 2.84. The second kappa shape index (κ2) is 8.02. The molecule has 1 aromatic rings. The number of nitrogens with one attached hydrogen (secondary N) is 1. The van der Waals surface area contributed by atoms with Crippen molar-refractivity contribution in [2.75, 3.05) is 34.4 Å². The fourth-order valence-corrected chi connectivity index (χ4v) is 2.10. The molecular formula is C15H26N2O2. The first-order valence-electron chi connectivity index (χ1n) is 6.75. The standard InChI is InChI=1S/C15H26N2O2/c1-6-19-14-9-7-8-13(15(14)18-5)10-16-12(2)11-17(3)4/h7-9,12,16H,6,10-11H2,1-5H3. The number of hydrogen-bond acceptors (Lipinski definition) is 4. The topological polar surface area (TPSA) is 33.7 Å². The fraction of sp³-hybridized carbons (Fsp3) is 0.600. The lowest BCUT2D eigenvalue weighted by Crippen LogP contribution is -2.35. The highest BCUT2D eigenvalue weighted by Crippen LogP contribution is 2.30. The molecule has 0 aromatic heterocycles. The van der Waals surface area contributed by atoms with E-state index in [1.807, 2.05) is 19.1 Å². The zero-order valence-corrected chi connectivity index (χ0v) is 12.7. The molecule has 0 aliphatic rings. The van der Waals surface area contributed by atoms with Gasteiger partial charge in [0.2, 0.25) is 0 Å². The van der Waals surface area contributed by atoms with E-state index >= 15 is 0 Å². The van der Waals surface area contributed by atoms with Crippen molar-refractivity contribution in [2.24, 2.45) is 0 Å². The molecule has 0 bridgehead atoms. The molecule has 0 aliphatic carbocycles. The number of nitrogens with zero attached hydrogens (tertiary/aromatic N) is 1. The summed E-state index contributed by atoms with van der Waals surface area (Å²) in [7, 11) is 5.84. The van der Waals surface area contributed by atoms with Crippen LogP contribution in [0.1, 0.15) is 19.4 Å². The number of methoxy groups -OCH3 is 1. The maximum Gasteiger partial charge on any atom is 0.165 e. The lowest BCUT2D eigenvalue weighted by Gasteiger charge is -2.20. The smallest absolute Gasteiger partial charge is 0.165 e. The van der Waals surface area contributed by atoms with Crippen LogP contribution in [0, 0.1) is 0 Å². The van der Waals surface area contributed by atoms with Gasteiger partial charge in [-0.05, 0) is 34.0 Å². The van der Waals surface area contributed by atoms with Crippen LogP contribution in [0.3, 0.4) is 0 Å². The monoisotopic (exact) mass is 266 g/mol. The fourth-order valence-electron chi connectivity index (χ4n) is 2.10. The molecule has 4 nitrogen and oxygen atoms in total. The van der Waals surface area contributed by atoms with Gasteiger partial charge in [-0.3, -0.25) is 0 Å². The van der Waals surface area contributed by atoms with Crippen molar-refractivity contribution in [3.63, 3.8) is 0 Å². The third-order valence-electron chi connectivity index (χ3n) is 2.84. The number of benzene rings is 1. The molecule has 1 rings (SSSR count). The molecule has 0 radical (unpaired) electrons. The highest BCUT2D eigenvalue weighted by molar-refractivity contribution is 5.46. The van der Waals surface area contributed by atoms with Crippen LogP contribution in [0.2, 0.25) is 0 Å². The van der Waals surface area contributed by atoms with Crippen LogP contribution in [0.25, 0.3) is 0 Å². The molecule has 1 atom stereocenters. The number of likely N-dealkylation sites (N-methyl/N-ethyl adjacent to an activating group) is 1. The van der Waals surface area contributed by atoms with Crippen molar-refractivity contribution < 1.29 is 9.47 Å². The summed E-state index contributed by atoms with van der Waals surface area (Å²) in [6, 6.07) is 6.43. The van der Waals surface area contributed by atoms with E-state index in [0.717, 1.165) is 30.2 Å². The van der Waals surface area contributed by atoms with Crippen molar-refractivity contribution in [3.05, 3.63) is 23.8 Å². The van der Waals surface area contributed by atoms with E-state index in [1.54, 1.807) is 7.11 Å². The number of hydrogen-bond donors (Lipinski definition) is 1. The van der Waals surface area contributed by atoms with Gasteiger partial charge in [-0.25, -0.2) is 0 Å². The summed E-state index contributed by atoms with van der Waals surface area (Å²) in [5.41, 5.74) is 1.12. The van der Waals surface area contributed by atoms with E-state index in [4.69, 9.17) is 9.47 Å². The van der Waals surface area contributed by atoms with Crippen LogP contribution in [-0.4, -0.2) is 45.3 Å². The molecular weight excluding hydrogens is 240 g/mol. The van der Waals surface area contributed by atoms with Gasteiger partial charge in [0.25, 0.3) is 0 Å². The Kier molecular flexibility index (Phi) is 6.67. The summed E-state index contributed by atoms with van der Waals surface area (Å²) < 4.78 is 11.0. The minimum atomic E-state index is 0.426. The number of para-hydroxylation sites is 1. The molecule has 0 saturated heterocycles. The number of rotatable bonds is 8. The Morgan fingerprint density at radius 3 is 2.63 bits per heavy atom. The van der Waals surface area contributed by atoms with Crippen molar-refractivity contribution in [2.45, 2.75) is 26.4 Å². The Hall–Kier alpha value is -1.26. The molecule has 4 heteroatoms. The van der Waals surface area contributed by atoms with Crippen molar-refractivity contribution >= 4 is 0 Å². The first kappa shape index (κ1) is 15.8. The van der Waals surface area contributed by atoms with E-state index in [9.17, 15) is 0 Å². The molecule has 0 fully saturated rings. The Morgan fingerprint density at radius 1 is 1.32 bits per heavy atom. The first-order valence-corrected chi connectivity index (χ1v) is 6.75. The molecule has 108 valence electrons. The normalized spacial score (nSPS) is 12.5. The molecule has 0 aliphatic heterocycles. The van der Waals surface area contributed by atoms with E-state index in [-0.39, 0.29) is 0 Å². The van der Waals surface area contributed by atoms with Gasteiger partial charge in [0.15, 0.2) is 11.5 Å². The first-order chi connectivity index (χ1) is 9.08. The Balaban J connectivity index is 2.69. The van der Waals surface area contributed by atoms with Gasteiger partial charge in [-0.1, -0.05) is 12.1 Å². The zero-order chi connectivity index (χ0) is 14.3. The second-order valence-electron chi connectivity index (χ2n) is 4.93. The van der Waals surface area contributed by atoms with E-state index < -0.39 is 0 Å². The summed E-state index contributed by atoms with van der Waals surface area (Å²) >= 11 is 0. The lowest BCUT2D eigenvalue weighted by molar-refractivity contribution is 0.307. The van der Waals surface area contributed by atoms with Gasteiger partial charge in [0.1, 0.15) is 0 Å². The van der Waals surface area contributed by atoms with Crippen LogP contribution in [0.15, 0.2) is 18.2 Å². The SMILES string of the molecule is CCOc1cccc(CNC(C)CN(C)C)c1OC. The lowest BCUT2D eigenvalue weighted by atomic mass is 10.1. The Bertz CT molecular complexity index is 380. The van der Waals surface area contributed by atoms with Gasteiger partial charge >= 0.3 is 0 Å². The average molecular weight is 266 g/mol. The van der Waals surface area contributed by atoms with Crippen LogP contribution in [0.5, 0.6) is 11.5 Å². The molecule has 0 heterocycles. The maximum absolute atomic E-state index is 5.58. The minimum absolute atomic E-state index is 0.426. The van der Waals surface area contributed by atoms with E-state index in [0.29, 0.717) is 12.6 Å². The Labute approximate surface area is 116 Å². The Morgan fingerprint density at radius 2 is 2.05 bits per heavy atom. The van der Waals surface area contributed by atoms with Gasteiger partial charge in [0.05, 0.1) is 13.7 Å². The maximum atomic E-state index is 5.58. The summed E-state index contributed by atoms with van der Waals surface area (Å²) in [4.78, 5) is 2.17. The second-order valence-corrected chi connectivity index (χ2v) is 4.93. The zero-order valence-electron chi connectivity index (χ0n) is 12.7. The molecule has 0 saturated carbocycles. The van der Waals surface area contributed by atoms with Gasteiger partial charge < -0.3 is 19.7 Å². The summed E-state index contributed by atoms with van der Waals surface area (Å²) in [6.07, 6.45) is 0. The van der Waals surface area contributed by atoms with Gasteiger partial charge in [-0.2, -0.15) is 0 Å². The molecule has 1 N–H and O–H groups in total. The minimum Gasteiger partial charge on any atom is -0.493 e. The third kappa shape index (κ3) is 5.09. The molecule has 19 heavy (non-hydrogen) atoms. The quantitative estimate of drug-likeness (QED) is 0.781. The predicted molar refractivity (Wildman–Crippen MR) is 79.0 cm³/mol. The van der Waals surface area contributed by atoms with Crippen LogP contribution in [0.4, 0.5) is 0 Å². The number of ether oxygens (including phenoxy) is 2. The molecule has 0 spiro atoms. The highest BCUT2D eigenvalue weighted by atomic mass is 16.5. The summed E-state index contributed by atoms with van der Waals surface area (Å²) in [5, 5.41) is 3.50. The predicted octanol–water partition coefficient (Wildman–Crippen LogP) is 2.13. The van der Waals surface area contributed by atoms with Gasteiger partial charge in [0, 0.05) is 24.7 Å². The van der Waals surface area contributed by atoms with Crippen molar-refractivity contribution in [1.29, 1.82) is 0 Å². The average Bonchev–Trinajstić information content (AvgIpc) is 2.36. The molecule has 1 aromatic carbocycles. The highest BCUT2D eigenvalue weighted by Gasteiger charge is 2.11. The van der Waals surface area contributed by atoms with Crippen molar-refractivity contribution in [1.82, 2.24) is 10.2 Å². The summed E-state index contributed by atoms with van der Waals surface area (Å²) in [5.74, 6) is 1.64. The molecule has 1 unspecified atom stereocenters. The largest absolute Gasteiger partial charge is 0.493 e. The van der Waals surface area contributed by atoms with Crippen LogP contribution >= 0.6 is 0 Å². The summed E-state index contributed by atoms with van der Waals surface area (Å²) in [6.45, 7) is 6.58. The van der Waals surface area contributed by atoms with Gasteiger partial charge in [-0.15, -0.1) is 0 Å². The van der Waals surface area contributed by atoms with E-state index in [1.165, 1.54) is 0 Å². The van der Waals surface area contributed by atoms with Crippen LogP contribution < -0.4 is 14.8 Å². The van der Waals surface area contributed by atoms with Crippen molar-refractivity contribution in [3.8, 4) is 11.5 Å². The van der Waals surface area contributed by atoms with E-state index in [2.05, 4.69) is 37.3 Å². The molecule has 0 amide bonds. The van der Waals surface area contributed by atoms with Crippen LogP contribution in [-0.2, 0) is 6.54 Å².